The first-order valence-electron chi connectivity index (χ1n) is 7.55. The topological polar surface area (TPSA) is 45.5 Å². The molecule has 5 nitrogen and oxygen atoms in total. The first-order valence-corrected chi connectivity index (χ1v) is 7.55. The molecule has 1 saturated heterocycles. The Bertz CT molecular complexity index is 571. The normalized spacial score (nSPS) is 16.7. The van der Waals surface area contributed by atoms with Gasteiger partial charge in [-0.15, -0.1) is 5.10 Å². The second kappa shape index (κ2) is 5.79. The third kappa shape index (κ3) is 2.77. The molecule has 108 valence electrons. The Hall–Kier alpha value is -1.62. The summed E-state index contributed by atoms with van der Waals surface area (Å²) in [6.45, 7) is 8.55. The fourth-order valence-electron chi connectivity index (χ4n) is 2.84. The molecule has 0 atom stereocenters. The van der Waals surface area contributed by atoms with E-state index in [2.05, 4.69) is 40.2 Å². The van der Waals surface area contributed by atoms with Crippen LogP contribution in [0.2, 0.25) is 0 Å². The van der Waals surface area contributed by atoms with E-state index in [0.29, 0.717) is 0 Å². The van der Waals surface area contributed by atoms with E-state index >= 15 is 0 Å². The van der Waals surface area contributed by atoms with Crippen LogP contribution in [0.25, 0.3) is 5.65 Å². The van der Waals surface area contributed by atoms with Crippen molar-refractivity contribution < 1.29 is 0 Å². The molecule has 5 heteroatoms. The van der Waals surface area contributed by atoms with Gasteiger partial charge in [-0.25, -0.2) is 4.52 Å². The maximum Gasteiger partial charge on any atom is 0.245 e. The van der Waals surface area contributed by atoms with E-state index in [1.807, 2.05) is 16.8 Å². The molecule has 0 unspecified atom stereocenters. The summed E-state index contributed by atoms with van der Waals surface area (Å²) >= 11 is 0. The Morgan fingerprint density at radius 1 is 1.35 bits per heavy atom. The molecule has 3 rings (SSSR count). The van der Waals surface area contributed by atoms with Gasteiger partial charge in [-0.3, -0.25) is 0 Å². The van der Waals surface area contributed by atoms with Crippen LogP contribution in [0.3, 0.4) is 0 Å². The summed E-state index contributed by atoms with van der Waals surface area (Å²) in [4.78, 5) is 6.96. The minimum atomic E-state index is 0.754. The SMILES string of the molecule is CCN(CC1CCNCC1)c1nc2ccc(C)cn2n1. The number of pyridine rings is 1. The molecule has 1 aliphatic rings. The van der Waals surface area contributed by atoms with Crippen LogP contribution >= 0.6 is 0 Å². The zero-order valence-electron chi connectivity index (χ0n) is 12.3. The number of aromatic nitrogens is 3. The largest absolute Gasteiger partial charge is 0.340 e. The van der Waals surface area contributed by atoms with E-state index < -0.39 is 0 Å². The van der Waals surface area contributed by atoms with Crippen molar-refractivity contribution in [3.8, 4) is 0 Å². The summed E-state index contributed by atoms with van der Waals surface area (Å²) in [6.07, 6.45) is 4.54. The van der Waals surface area contributed by atoms with E-state index in [1.54, 1.807) is 0 Å². The van der Waals surface area contributed by atoms with Gasteiger partial charge in [0.05, 0.1) is 0 Å². The lowest BCUT2D eigenvalue weighted by Gasteiger charge is -2.28. The van der Waals surface area contributed by atoms with Crippen molar-refractivity contribution >= 4 is 11.6 Å². The fourth-order valence-corrected chi connectivity index (χ4v) is 2.84. The molecule has 2 aromatic rings. The standard InChI is InChI=1S/C15H23N5/c1-3-19(11-13-6-8-16-9-7-13)15-17-14-5-4-12(2)10-20(14)18-15/h4-5,10,13,16H,3,6-9,11H2,1-2H3. The molecule has 0 bridgehead atoms. The van der Waals surface area contributed by atoms with Gasteiger partial charge in [0.2, 0.25) is 5.95 Å². The molecule has 2 aromatic heterocycles. The van der Waals surface area contributed by atoms with Crippen LogP contribution in [0.15, 0.2) is 18.3 Å². The highest BCUT2D eigenvalue weighted by Gasteiger charge is 2.19. The summed E-state index contributed by atoms with van der Waals surface area (Å²) in [5.74, 6) is 1.61. The summed E-state index contributed by atoms with van der Waals surface area (Å²) in [6, 6.07) is 4.11. The number of nitrogens with zero attached hydrogens (tertiary/aromatic N) is 4. The predicted molar refractivity (Wildman–Crippen MR) is 81.2 cm³/mol. The number of hydrogen-bond acceptors (Lipinski definition) is 4. The average molecular weight is 273 g/mol. The molecule has 3 heterocycles. The molecule has 1 fully saturated rings. The lowest BCUT2D eigenvalue weighted by molar-refractivity contribution is 0.373. The molecule has 0 spiro atoms. The molecule has 1 aliphatic heterocycles. The predicted octanol–water partition coefficient (Wildman–Crippen LogP) is 1.86. The average Bonchev–Trinajstić information content (AvgIpc) is 2.88. The van der Waals surface area contributed by atoms with Crippen LogP contribution in [-0.2, 0) is 0 Å². The monoisotopic (exact) mass is 273 g/mol. The van der Waals surface area contributed by atoms with Gasteiger partial charge in [0, 0.05) is 19.3 Å². The Morgan fingerprint density at radius 2 is 2.15 bits per heavy atom. The summed E-state index contributed by atoms with van der Waals surface area (Å²) < 4.78 is 1.88. The molecule has 0 saturated carbocycles. The van der Waals surface area contributed by atoms with Gasteiger partial charge in [-0.05, 0) is 57.3 Å². The van der Waals surface area contributed by atoms with Gasteiger partial charge < -0.3 is 10.2 Å². The van der Waals surface area contributed by atoms with E-state index in [9.17, 15) is 0 Å². The fraction of sp³-hybridized carbons (Fsp3) is 0.600. The van der Waals surface area contributed by atoms with Gasteiger partial charge in [0.15, 0.2) is 5.65 Å². The maximum absolute atomic E-state index is 4.65. The lowest BCUT2D eigenvalue weighted by Crippen LogP contribution is -2.36. The van der Waals surface area contributed by atoms with Crippen LogP contribution in [0.5, 0.6) is 0 Å². The van der Waals surface area contributed by atoms with Gasteiger partial charge in [-0.2, -0.15) is 4.98 Å². The molecule has 20 heavy (non-hydrogen) atoms. The third-order valence-electron chi connectivity index (χ3n) is 4.07. The van der Waals surface area contributed by atoms with Gasteiger partial charge >= 0.3 is 0 Å². The molecule has 0 amide bonds. The number of nitrogens with one attached hydrogen (secondary N) is 1. The molecular formula is C15H23N5. The van der Waals surface area contributed by atoms with Gasteiger partial charge in [-0.1, -0.05) is 6.07 Å². The van der Waals surface area contributed by atoms with Crippen molar-refractivity contribution in [3.63, 3.8) is 0 Å². The van der Waals surface area contributed by atoms with Crippen LogP contribution in [0, 0.1) is 12.8 Å². The van der Waals surface area contributed by atoms with Crippen molar-refractivity contribution in [2.75, 3.05) is 31.1 Å². The Morgan fingerprint density at radius 3 is 2.90 bits per heavy atom. The highest BCUT2D eigenvalue weighted by Crippen LogP contribution is 2.18. The first-order chi connectivity index (χ1) is 9.76. The van der Waals surface area contributed by atoms with Crippen molar-refractivity contribution in [2.45, 2.75) is 26.7 Å². The minimum Gasteiger partial charge on any atom is -0.340 e. The molecule has 0 radical (unpaired) electrons. The Kier molecular flexibility index (Phi) is 3.87. The van der Waals surface area contributed by atoms with Crippen LogP contribution in [0.1, 0.15) is 25.3 Å². The number of piperidine rings is 1. The smallest absolute Gasteiger partial charge is 0.245 e. The Labute approximate surface area is 120 Å². The number of anilines is 1. The highest BCUT2D eigenvalue weighted by atomic mass is 15.4. The highest BCUT2D eigenvalue weighted by molar-refractivity contribution is 5.45. The molecular weight excluding hydrogens is 250 g/mol. The lowest BCUT2D eigenvalue weighted by atomic mass is 9.98. The Balaban J connectivity index is 1.79. The summed E-state index contributed by atoms with van der Waals surface area (Å²) in [7, 11) is 0. The minimum absolute atomic E-state index is 0.754. The van der Waals surface area contributed by atoms with Gasteiger partial charge in [0.25, 0.3) is 0 Å². The number of rotatable bonds is 4. The number of aryl methyl sites for hydroxylation is 1. The zero-order chi connectivity index (χ0) is 13.9. The summed E-state index contributed by atoms with van der Waals surface area (Å²) in [5, 5.41) is 8.05. The van der Waals surface area contributed by atoms with Crippen LogP contribution < -0.4 is 10.2 Å². The van der Waals surface area contributed by atoms with Gasteiger partial charge in [0.1, 0.15) is 0 Å². The van der Waals surface area contributed by atoms with Crippen molar-refractivity contribution in [3.05, 3.63) is 23.9 Å². The first kappa shape index (κ1) is 13.4. The quantitative estimate of drug-likeness (QED) is 0.923. The molecule has 0 aliphatic carbocycles. The second-order valence-electron chi connectivity index (χ2n) is 5.65. The molecule has 0 aromatic carbocycles. The molecule has 1 N–H and O–H groups in total. The second-order valence-corrected chi connectivity index (χ2v) is 5.65. The van der Waals surface area contributed by atoms with E-state index in [-0.39, 0.29) is 0 Å². The third-order valence-corrected chi connectivity index (χ3v) is 4.07. The number of hydrogen-bond donors (Lipinski definition) is 1. The van der Waals surface area contributed by atoms with Crippen LogP contribution in [-0.4, -0.2) is 40.8 Å². The van der Waals surface area contributed by atoms with Crippen molar-refractivity contribution in [1.29, 1.82) is 0 Å². The van der Waals surface area contributed by atoms with Crippen LogP contribution in [0.4, 0.5) is 5.95 Å². The zero-order valence-corrected chi connectivity index (χ0v) is 12.3. The maximum atomic E-state index is 4.65. The van der Waals surface area contributed by atoms with Crippen molar-refractivity contribution in [2.24, 2.45) is 5.92 Å². The number of fused-ring (bicyclic) bond motifs is 1. The van der Waals surface area contributed by atoms with E-state index in [1.165, 1.54) is 18.4 Å². The van der Waals surface area contributed by atoms with Crippen molar-refractivity contribution in [1.82, 2.24) is 19.9 Å². The van der Waals surface area contributed by atoms with E-state index in [4.69, 9.17) is 0 Å². The van der Waals surface area contributed by atoms with E-state index in [0.717, 1.165) is 43.7 Å². The summed E-state index contributed by atoms with van der Waals surface area (Å²) in [5.41, 5.74) is 2.13.